The number of nitrogens with one attached hydrogen (secondary N) is 2. The van der Waals surface area contributed by atoms with Crippen molar-refractivity contribution in [3.63, 3.8) is 0 Å². The number of nitrogens with zero attached hydrogens (tertiary/aromatic N) is 4. The molecule has 6 nitrogen and oxygen atoms in total. The van der Waals surface area contributed by atoms with Gasteiger partial charge in [-0.1, -0.05) is 30.3 Å². The van der Waals surface area contributed by atoms with Crippen molar-refractivity contribution in [2.45, 2.75) is 26.9 Å². The van der Waals surface area contributed by atoms with Crippen LogP contribution >= 0.6 is 35.3 Å². The van der Waals surface area contributed by atoms with Crippen LogP contribution in [-0.2, 0) is 20.1 Å². The van der Waals surface area contributed by atoms with Gasteiger partial charge in [0.25, 0.3) is 0 Å². The van der Waals surface area contributed by atoms with Crippen molar-refractivity contribution in [2.75, 3.05) is 7.05 Å². The highest BCUT2D eigenvalue weighted by atomic mass is 127. The topological polar surface area (TPSA) is 67.1 Å². The molecule has 0 saturated carbocycles. The summed E-state index contributed by atoms with van der Waals surface area (Å²) in [5.41, 5.74) is 5.56. The van der Waals surface area contributed by atoms with Crippen molar-refractivity contribution >= 4 is 41.3 Å². The van der Waals surface area contributed by atoms with Gasteiger partial charge in [0.2, 0.25) is 0 Å². The van der Waals surface area contributed by atoms with E-state index in [9.17, 15) is 0 Å². The normalized spacial score (nSPS) is 11.2. The maximum atomic E-state index is 4.70. The van der Waals surface area contributed by atoms with Gasteiger partial charge in [-0.05, 0) is 13.8 Å². The summed E-state index contributed by atoms with van der Waals surface area (Å²) >= 11 is 1.65. The van der Waals surface area contributed by atoms with E-state index < -0.39 is 0 Å². The lowest BCUT2D eigenvalue weighted by atomic mass is 10.2. The minimum atomic E-state index is 0. The minimum Gasteiger partial charge on any atom is -0.352 e. The number of rotatable bonds is 5. The van der Waals surface area contributed by atoms with Gasteiger partial charge in [-0.2, -0.15) is 5.10 Å². The third-order valence-electron chi connectivity index (χ3n) is 4.34. The molecule has 2 N–H and O–H groups in total. The third kappa shape index (κ3) is 5.29. The molecule has 8 heteroatoms. The number of thiazole rings is 1. The molecule has 27 heavy (non-hydrogen) atoms. The fourth-order valence-corrected chi connectivity index (χ4v) is 3.50. The lowest BCUT2D eigenvalue weighted by molar-refractivity contribution is 0.728. The van der Waals surface area contributed by atoms with Gasteiger partial charge >= 0.3 is 0 Å². The zero-order chi connectivity index (χ0) is 18.5. The molecule has 2 aromatic heterocycles. The Balaban J connectivity index is 0.00000261. The zero-order valence-electron chi connectivity index (χ0n) is 16.0. The summed E-state index contributed by atoms with van der Waals surface area (Å²) in [6.07, 6.45) is 0. The van der Waals surface area contributed by atoms with E-state index in [1.165, 1.54) is 5.56 Å². The Morgan fingerprint density at radius 1 is 1.15 bits per heavy atom. The van der Waals surface area contributed by atoms with Gasteiger partial charge in [0.1, 0.15) is 5.01 Å². The molecule has 0 saturated heterocycles. The van der Waals surface area contributed by atoms with Crippen LogP contribution in [-0.4, -0.2) is 27.8 Å². The van der Waals surface area contributed by atoms with Crippen molar-refractivity contribution in [2.24, 2.45) is 12.0 Å². The molecular weight excluding hydrogens is 471 g/mol. The smallest absolute Gasteiger partial charge is 0.191 e. The first-order valence-corrected chi connectivity index (χ1v) is 9.40. The second-order valence-electron chi connectivity index (χ2n) is 6.04. The van der Waals surface area contributed by atoms with Crippen molar-refractivity contribution in [1.29, 1.82) is 0 Å². The number of guanidine groups is 1. The largest absolute Gasteiger partial charge is 0.352 e. The Morgan fingerprint density at radius 2 is 1.85 bits per heavy atom. The van der Waals surface area contributed by atoms with Crippen molar-refractivity contribution in [3.8, 4) is 11.3 Å². The quantitative estimate of drug-likeness (QED) is 0.322. The Hall–Kier alpha value is -1.94. The van der Waals surface area contributed by atoms with Gasteiger partial charge in [0.05, 0.1) is 17.9 Å². The molecule has 0 aliphatic carbocycles. The van der Waals surface area contributed by atoms with Crippen LogP contribution in [0.4, 0.5) is 0 Å². The molecule has 0 radical (unpaired) electrons. The van der Waals surface area contributed by atoms with Crippen LogP contribution in [0, 0.1) is 13.8 Å². The molecule has 144 valence electrons. The summed E-state index contributed by atoms with van der Waals surface area (Å²) in [4.78, 5) is 8.99. The van der Waals surface area contributed by atoms with E-state index >= 15 is 0 Å². The average molecular weight is 496 g/mol. The summed E-state index contributed by atoms with van der Waals surface area (Å²) < 4.78 is 1.91. The summed E-state index contributed by atoms with van der Waals surface area (Å²) in [6.45, 7) is 5.44. The summed E-state index contributed by atoms with van der Waals surface area (Å²) in [5, 5.41) is 14.2. The monoisotopic (exact) mass is 496 g/mol. The molecule has 0 spiro atoms. The number of hydrogen-bond acceptors (Lipinski definition) is 4. The van der Waals surface area contributed by atoms with E-state index in [0.717, 1.165) is 33.6 Å². The van der Waals surface area contributed by atoms with Crippen LogP contribution in [0.2, 0.25) is 0 Å². The minimum absolute atomic E-state index is 0. The van der Waals surface area contributed by atoms with E-state index in [4.69, 9.17) is 4.98 Å². The van der Waals surface area contributed by atoms with Gasteiger partial charge in [0.15, 0.2) is 5.96 Å². The van der Waals surface area contributed by atoms with Gasteiger partial charge in [-0.25, -0.2) is 4.98 Å². The molecule has 0 bridgehead atoms. The summed E-state index contributed by atoms with van der Waals surface area (Å²) in [7, 11) is 3.74. The van der Waals surface area contributed by atoms with E-state index in [1.54, 1.807) is 18.4 Å². The third-order valence-corrected chi connectivity index (χ3v) is 5.19. The summed E-state index contributed by atoms with van der Waals surface area (Å²) in [6, 6.07) is 10.2. The molecule has 0 aliphatic heterocycles. The van der Waals surface area contributed by atoms with Crippen LogP contribution in [0.1, 0.15) is 22.0 Å². The van der Waals surface area contributed by atoms with Crippen LogP contribution in [0.5, 0.6) is 0 Å². The van der Waals surface area contributed by atoms with Gasteiger partial charge < -0.3 is 10.6 Å². The first kappa shape index (κ1) is 21.4. The first-order valence-electron chi connectivity index (χ1n) is 8.52. The van der Waals surface area contributed by atoms with Crippen molar-refractivity contribution in [3.05, 3.63) is 57.7 Å². The lowest BCUT2D eigenvalue weighted by Gasteiger charge is -2.11. The molecule has 0 aliphatic rings. The maximum absolute atomic E-state index is 4.70. The van der Waals surface area contributed by atoms with E-state index in [-0.39, 0.29) is 24.0 Å². The number of hydrogen-bond donors (Lipinski definition) is 2. The second kappa shape index (κ2) is 9.84. The highest BCUT2D eigenvalue weighted by molar-refractivity contribution is 14.0. The Labute approximate surface area is 181 Å². The number of aromatic nitrogens is 3. The van der Waals surface area contributed by atoms with Gasteiger partial charge in [0, 0.05) is 42.8 Å². The molecule has 0 atom stereocenters. The van der Waals surface area contributed by atoms with Gasteiger partial charge in [-0.3, -0.25) is 9.67 Å². The Morgan fingerprint density at radius 3 is 2.48 bits per heavy atom. The standard InChI is InChI=1S/C19H24N6S.HI/c1-13-16(14(2)25(4)24-13)10-21-19(20-3)22-11-18-23-17(12-26-18)15-8-6-5-7-9-15;/h5-9,12H,10-11H2,1-4H3,(H2,20,21,22);1H. The Bertz CT molecular complexity index is 900. The molecule has 2 heterocycles. The molecule has 3 rings (SSSR count). The summed E-state index contributed by atoms with van der Waals surface area (Å²) in [5.74, 6) is 0.754. The van der Waals surface area contributed by atoms with E-state index in [2.05, 4.69) is 45.2 Å². The van der Waals surface area contributed by atoms with Crippen LogP contribution < -0.4 is 10.6 Å². The van der Waals surface area contributed by atoms with Crippen LogP contribution in [0.15, 0.2) is 40.7 Å². The highest BCUT2D eigenvalue weighted by Crippen LogP contribution is 2.21. The molecule has 1 aromatic carbocycles. The molecule has 0 fully saturated rings. The SMILES string of the molecule is CN=C(NCc1nc(-c2ccccc2)cs1)NCc1c(C)nn(C)c1C.I. The second-order valence-corrected chi connectivity index (χ2v) is 6.99. The number of aryl methyl sites for hydroxylation is 2. The van der Waals surface area contributed by atoms with Crippen molar-refractivity contribution in [1.82, 2.24) is 25.4 Å². The molecule has 0 amide bonds. The van der Waals surface area contributed by atoms with Gasteiger partial charge in [-0.15, -0.1) is 35.3 Å². The lowest BCUT2D eigenvalue weighted by Crippen LogP contribution is -2.36. The highest BCUT2D eigenvalue weighted by Gasteiger charge is 2.10. The maximum Gasteiger partial charge on any atom is 0.191 e. The van der Waals surface area contributed by atoms with E-state index in [1.807, 2.05) is 36.9 Å². The average Bonchev–Trinajstić information content (AvgIpc) is 3.22. The fraction of sp³-hybridized carbons (Fsp3) is 0.316. The molecule has 0 unspecified atom stereocenters. The van der Waals surface area contributed by atoms with Crippen LogP contribution in [0.25, 0.3) is 11.3 Å². The Kier molecular flexibility index (Phi) is 7.78. The number of benzene rings is 1. The number of halogens is 1. The number of aliphatic imine (C=N–C) groups is 1. The first-order chi connectivity index (χ1) is 12.6. The van der Waals surface area contributed by atoms with Crippen LogP contribution in [0.3, 0.4) is 0 Å². The molecular formula is C19H25IN6S. The predicted molar refractivity (Wildman–Crippen MR) is 123 cm³/mol. The zero-order valence-corrected chi connectivity index (χ0v) is 19.1. The fourth-order valence-electron chi connectivity index (χ4n) is 2.76. The predicted octanol–water partition coefficient (Wildman–Crippen LogP) is 3.64. The van der Waals surface area contributed by atoms with E-state index in [0.29, 0.717) is 13.1 Å². The molecule has 3 aromatic rings. The van der Waals surface area contributed by atoms with Crippen molar-refractivity contribution < 1.29 is 0 Å².